The topological polar surface area (TPSA) is 63.7 Å². The molecule has 1 unspecified atom stereocenters. The van der Waals surface area contributed by atoms with Crippen molar-refractivity contribution in [3.8, 4) is 11.5 Å². The second-order valence-corrected chi connectivity index (χ2v) is 10.5. The van der Waals surface area contributed by atoms with Crippen LogP contribution in [0.3, 0.4) is 0 Å². The third kappa shape index (κ3) is 3.50. The summed E-state index contributed by atoms with van der Waals surface area (Å²) in [6.07, 6.45) is 0.406. The van der Waals surface area contributed by atoms with Crippen LogP contribution < -0.4 is 4.74 Å². The van der Waals surface area contributed by atoms with E-state index in [2.05, 4.69) is 0 Å². The Morgan fingerprint density at radius 3 is 2.10 bits per heavy atom. The number of fused-ring (bicyclic) bond motifs is 2. The van der Waals surface area contributed by atoms with Crippen molar-refractivity contribution in [1.29, 1.82) is 0 Å². The number of rotatable bonds is 3. The lowest BCUT2D eigenvalue weighted by molar-refractivity contribution is -0.130. The van der Waals surface area contributed by atoms with Gasteiger partial charge in [-0.3, -0.25) is 4.79 Å². The first-order chi connectivity index (χ1) is 14.9. The number of nitrogens with zero attached hydrogens (tertiary/aromatic N) is 1. The molecule has 7 heteroatoms. The van der Waals surface area contributed by atoms with Crippen molar-refractivity contribution in [3.05, 3.63) is 88.9 Å². The highest BCUT2D eigenvalue weighted by Crippen LogP contribution is 2.45. The number of benzene rings is 3. The predicted octanol–water partition coefficient (Wildman–Crippen LogP) is 4.65. The number of likely N-dealkylation sites (tertiary alicyclic amines) is 1. The van der Waals surface area contributed by atoms with Gasteiger partial charge < -0.3 is 9.64 Å². The van der Waals surface area contributed by atoms with Crippen LogP contribution in [0.4, 0.5) is 0 Å². The van der Waals surface area contributed by atoms with Gasteiger partial charge in [0.15, 0.2) is 9.84 Å². The zero-order chi connectivity index (χ0) is 21.6. The molecule has 0 radical (unpaired) electrons. The van der Waals surface area contributed by atoms with E-state index in [4.69, 9.17) is 16.3 Å². The number of carbonyl (C=O) groups is 1. The number of amides is 1. The SMILES string of the molecule is O=C(C1c2ccccc2Oc2ccccc21)N1CCC(S(=O)(=O)c2ccc(Cl)cc2)C1. The van der Waals surface area contributed by atoms with E-state index in [0.717, 1.165) is 11.1 Å². The molecule has 2 heterocycles. The number of hydrogen-bond acceptors (Lipinski definition) is 4. The van der Waals surface area contributed by atoms with Crippen molar-refractivity contribution < 1.29 is 17.9 Å². The van der Waals surface area contributed by atoms with E-state index in [9.17, 15) is 13.2 Å². The number of halogens is 1. The number of para-hydroxylation sites is 2. The molecule has 2 aliphatic heterocycles. The lowest BCUT2D eigenvalue weighted by atomic mass is 9.87. The van der Waals surface area contributed by atoms with Crippen LogP contribution in [0.1, 0.15) is 23.5 Å². The normalized spacial score (nSPS) is 18.2. The molecular weight excluding hydrogens is 434 g/mol. The van der Waals surface area contributed by atoms with Crippen molar-refractivity contribution in [2.24, 2.45) is 0 Å². The number of ether oxygens (including phenoxy) is 1. The average Bonchev–Trinajstić information content (AvgIpc) is 3.28. The van der Waals surface area contributed by atoms with Crippen LogP contribution >= 0.6 is 11.6 Å². The molecule has 1 amide bonds. The zero-order valence-electron chi connectivity index (χ0n) is 16.6. The summed E-state index contributed by atoms with van der Waals surface area (Å²) in [6, 6.07) is 21.2. The highest BCUT2D eigenvalue weighted by Gasteiger charge is 2.41. The molecule has 0 N–H and O–H groups in total. The van der Waals surface area contributed by atoms with Gasteiger partial charge in [-0.15, -0.1) is 0 Å². The molecule has 3 aromatic rings. The van der Waals surface area contributed by atoms with Gasteiger partial charge in [0.25, 0.3) is 0 Å². The minimum absolute atomic E-state index is 0.1000. The average molecular weight is 454 g/mol. The van der Waals surface area contributed by atoms with E-state index in [-0.39, 0.29) is 17.3 Å². The van der Waals surface area contributed by atoms with E-state index in [1.54, 1.807) is 17.0 Å². The van der Waals surface area contributed by atoms with Crippen LogP contribution in [0, 0.1) is 0 Å². The van der Waals surface area contributed by atoms with E-state index >= 15 is 0 Å². The van der Waals surface area contributed by atoms with Crippen molar-refractivity contribution in [2.75, 3.05) is 13.1 Å². The third-order valence-electron chi connectivity index (χ3n) is 5.96. The molecule has 1 saturated heterocycles. The van der Waals surface area contributed by atoms with Gasteiger partial charge in [-0.2, -0.15) is 0 Å². The Hall–Kier alpha value is -2.83. The highest BCUT2D eigenvalue weighted by molar-refractivity contribution is 7.92. The summed E-state index contributed by atoms with van der Waals surface area (Å²) in [5.41, 5.74) is 1.60. The molecule has 1 atom stereocenters. The Balaban J connectivity index is 1.44. The monoisotopic (exact) mass is 453 g/mol. The van der Waals surface area contributed by atoms with Gasteiger partial charge in [-0.05, 0) is 42.8 Å². The van der Waals surface area contributed by atoms with Crippen LogP contribution in [-0.2, 0) is 14.6 Å². The fourth-order valence-corrected chi connectivity index (χ4v) is 6.18. The largest absolute Gasteiger partial charge is 0.457 e. The maximum absolute atomic E-state index is 13.6. The predicted molar refractivity (Wildman–Crippen MR) is 118 cm³/mol. The van der Waals surface area contributed by atoms with Gasteiger partial charge in [0.1, 0.15) is 11.5 Å². The van der Waals surface area contributed by atoms with Crippen LogP contribution in [0.25, 0.3) is 0 Å². The highest BCUT2D eigenvalue weighted by atomic mass is 35.5. The molecule has 1 fully saturated rings. The van der Waals surface area contributed by atoms with Gasteiger partial charge in [-0.25, -0.2) is 8.42 Å². The lowest BCUT2D eigenvalue weighted by Gasteiger charge is -2.30. The van der Waals surface area contributed by atoms with Crippen molar-refractivity contribution in [3.63, 3.8) is 0 Å². The van der Waals surface area contributed by atoms with Gasteiger partial charge >= 0.3 is 0 Å². The van der Waals surface area contributed by atoms with E-state index in [1.165, 1.54) is 12.1 Å². The maximum Gasteiger partial charge on any atom is 0.234 e. The molecule has 0 bridgehead atoms. The quantitative estimate of drug-likeness (QED) is 0.579. The molecule has 31 heavy (non-hydrogen) atoms. The molecule has 0 aromatic heterocycles. The summed E-state index contributed by atoms with van der Waals surface area (Å²) in [5.74, 6) is 0.698. The van der Waals surface area contributed by atoms with Gasteiger partial charge in [0.2, 0.25) is 5.91 Å². The summed E-state index contributed by atoms with van der Waals surface area (Å²) in [7, 11) is -3.55. The van der Waals surface area contributed by atoms with E-state index < -0.39 is 21.0 Å². The first kappa shape index (κ1) is 20.1. The molecule has 0 spiro atoms. The fourth-order valence-electron chi connectivity index (χ4n) is 4.36. The van der Waals surface area contributed by atoms with Crippen LogP contribution in [0.5, 0.6) is 11.5 Å². The maximum atomic E-state index is 13.6. The molecular formula is C24H20ClNO4S. The van der Waals surface area contributed by atoms with Crippen LogP contribution in [0.15, 0.2) is 77.7 Å². The Bertz CT molecular complexity index is 1210. The minimum atomic E-state index is -3.55. The third-order valence-corrected chi connectivity index (χ3v) is 8.41. The van der Waals surface area contributed by atoms with Crippen LogP contribution in [-0.4, -0.2) is 37.6 Å². The fraction of sp³-hybridized carbons (Fsp3) is 0.208. The molecule has 3 aromatic carbocycles. The van der Waals surface area contributed by atoms with Crippen molar-refractivity contribution in [1.82, 2.24) is 4.90 Å². The first-order valence-corrected chi connectivity index (χ1v) is 12.0. The standard InChI is InChI=1S/C24H20ClNO4S/c25-16-9-11-17(12-10-16)31(28,29)18-13-14-26(15-18)24(27)23-19-5-1-3-7-21(19)30-22-8-4-2-6-20(22)23/h1-12,18,23H,13-15H2. The smallest absolute Gasteiger partial charge is 0.234 e. The second-order valence-electron chi connectivity index (χ2n) is 7.80. The summed E-state index contributed by atoms with van der Waals surface area (Å²) in [6.45, 7) is 0.573. The van der Waals surface area contributed by atoms with Crippen molar-refractivity contribution in [2.45, 2.75) is 22.5 Å². The van der Waals surface area contributed by atoms with E-state index in [0.29, 0.717) is 29.5 Å². The molecule has 5 nitrogen and oxygen atoms in total. The molecule has 158 valence electrons. The van der Waals surface area contributed by atoms with Gasteiger partial charge in [-0.1, -0.05) is 48.0 Å². The number of hydrogen-bond donors (Lipinski definition) is 0. The van der Waals surface area contributed by atoms with E-state index in [1.807, 2.05) is 48.5 Å². The first-order valence-electron chi connectivity index (χ1n) is 10.1. The summed E-state index contributed by atoms with van der Waals surface area (Å²) < 4.78 is 32.2. The van der Waals surface area contributed by atoms with Crippen molar-refractivity contribution >= 4 is 27.3 Å². The van der Waals surface area contributed by atoms with Gasteiger partial charge in [0.05, 0.1) is 16.1 Å². The Kier molecular flexibility index (Phi) is 4.99. The Labute approximate surface area is 186 Å². The number of sulfone groups is 1. The summed E-state index contributed by atoms with van der Waals surface area (Å²) in [5, 5.41) is -0.151. The lowest BCUT2D eigenvalue weighted by Crippen LogP contribution is -2.36. The second kappa shape index (κ2) is 7.70. The Morgan fingerprint density at radius 2 is 1.48 bits per heavy atom. The number of carbonyl (C=O) groups excluding carboxylic acids is 1. The van der Waals surface area contributed by atoms with Crippen LogP contribution in [0.2, 0.25) is 5.02 Å². The summed E-state index contributed by atoms with van der Waals surface area (Å²) in [4.78, 5) is 15.5. The molecule has 0 aliphatic carbocycles. The molecule has 2 aliphatic rings. The zero-order valence-corrected chi connectivity index (χ0v) is 18.1. The molecule has 0 saturated carbocycles. The summed E-state index contributed by atoms with van der Waals surface area (Å²) >= 11 is 5.90. The minimum Gasteiger partial charge on any atom is -0.457 e. The molecule has 5 rings (SSSR count). The van der Waals surface area contributed by atoms with Gasteiger partial charge in [0, 0.05) is 29.2 Å². The Morgan fingerprint density at radius 1 is 0.903 bits per heavy atom.